The molecule has 1 aliphatic heterocycles. The third kappa shape index (κ3) is 2.65. The van der Waals surface area contributed by atoms with E-state index in [0.29, 0.717) is 5.56 Å². The Morgan fingerprint density at radius 1 is 1.47 bits per heavy atom. The molecule has 1 aliphatic rings. The lowest BCUT2D eigenvalue weighted by molar-refractivity contribution is 0.0951. The zero-order valence-corrected chi connectivity index (χ0v) is 10.1. The number of aryl methyl sites for hydroxylation is 1. The average Bonchev–Trinajstić information content (AvgIpc) is 2.72. The van der Waals surface area contributed by atoms with Crippen LogP contribution < -0.4 is 11.3 Å². The molecule has 94 valence electrons. The average molecular weight is 237 g/mol. The second-order valence-corrected chi connectivity index (χ2v) is 4.44. The number of aromatic nitrogens is 2. The topological polar surface area (TPSA) is 76.2 Å². The standard InChI is InChI=1S/C11H19N5O/c1-15-10(8-16-5-3-2-4-6-16)9(7-13-15)11(17)14-12/h7H,2-6,8,12H2,1H3,(H,14,17). The Balaban J connectivity index is 2.13. The van der Waals surface area contributed by atoms with Gasteiger partial charge in [0.25, 0.3) is 5.91 Å². The first kappa shape index (κ1) is 12.1. The van der Waals surface area contributed by atoms with Gasteiger partial charge in [-0.05, 0) is 25.9 Å². The molecule has 2 heterocycles. The maximum Gasteiger partial charge on any atom is 0.268 e. The third-order valence-corrected chi connectivity index (χ3v) is 3.26. The van der Waals surface area contributed by atoms with Crippen molar-refractivity contribution in [2.24, 2.45) is 12.9 Å². The smallest absolute Gasteiger partial charge is 0.268 e. The van der Waals surface area contributed by atoms with Gasteiger partial charge in [0, 0.05) is 13.6 Å². The maximum absolute atomic E-state index is 11.6. The monoisotopic (exact) mass is 237 g/mol. The van der Waals surface area contributed by atoms with Crippen LogP contribution in [0.25, 0.3) is 0 Å². The van der Waals surface area contributed by atoms with Gasteiger partial charge < -0.3 is 0 Å². The molecule has 0 saturated carbocycles. The quantitative estimate of drug-likeness (QED) is 0.441. The van der Waals surface area contributed by atoms with Gasteiger partial charge in [-0.2, -0.15) is 5.10 Å². The van der Waals surface area contributed by atoms with Crippen molar-refractivity contribution in [1.82, 2.24) is 20.1 Å². The maximum atomic E-state index is 11.6. The van der Waals surface area contributed by atoms with Crippen molar-refractivity contribution < 1.29 is 4.79 Å². The van der Waals surface area contributed by atoms with Gasteiger partial charge in [0.15, 0.2) is 0 Å². The molecule has 1 aromatic heterocycles. The predicted octanol–water partition coefficient (Wildman–Crippen LogP) is 0.00950. The minimum Gasteiger partial charge on any atom is -0.298 e. The molecule has 17 heavy (non-hydrogen) atoms. The highest BCUT2D eigenvalue weighted by Gasteiger charge is 2.19. The lowest BCUT2D eigenvalue weighted by atomic mass is 10.1. The summed E-state index contributed by atoms with van der Waals surface area (Å²) in [5.74, 6) is 4.89. The van der Waals surface area contributed by atoms with Crippen molar-refractivity contribution >= 4 is 5.91 Å². The Hall–Kier alpha value is -1.40. The molecule has 3 N–H and O–H groups in total. The number of rotatable bonds is 3. The molecule has 0 radical (unpaired) electrons. The predicted molar refractivity (Wildman–Crippen MR) is 64.0 cm³/mol. The first-order valence-electron chi connectivity index (χ1n) is 5.96. The summed E-state index contributed by atoms with van der Waals surface area (Å²) >= 11 is 0. The molecule has 0 spiro atoms. The number of carbonyl (C=O) groups is 1. The van der Waals surface area contributed by atoms with Gasteiger partial charge in [0.2, 0.25) is 0 Å². The molecule has 1 amide bonds. The molecule has 0 atom stereocenters. The van der Waals surface area contributed by atoms with Crippen molar-refractivity contribution in [1.29, 1.82) is 0 Å². The van der Waals surface area contributed by atoms with E-state index in [2.05, 4.69) is 15.4 Å². The summed E-state index contributed by atoms with van der Waals surface area (Å²) in [7, 11) is 1.85. The minimum absolute atomic E-state index is 0.273. The summed E-state index contributed by atoms with van der Waals surface area (Å²) in [6.45, 7) is 2.95. The lowest BCUT2D eigenvalue weighted by Gasteiger charge is -2.26. The lowest BCUT2D eigenvalue weighted by Crippen LogP contribution is -2.33. The van der Waals surface area contributed by atoms with E-state index in [4.69, 9.17) is 5.84 Å². The van der Waals surface area contributed by atoms with E-state index in [0.717, 1.165) is 25.3 Å². The van der Waals surface area contributed by atoms with Crippen molar-refractivity contribution in [3.63, 3.8) is 0 Å². The van der Waals surface area contributed by atoms with Gasteiger partial charge in [-0.3, -0.25) is 19.8 Å². The summed E-state index contributed by atoms with van der Waals surface area (Å²) in [6, 6.07) is 0. The number of hydrazine groups is 1. The summed E-state index contributed by atoms with van der Waals surface area (Å²) < 4.78 is 1.75. The van der Waals surface area contributed by atoms with E-state index >= 15 is 0 Å². The van der Waals surface area contributed by atoms with E-state index in [1.165, 1.54) is 19.3 Å². The van der Waals surface area contributed by atoms with Crippen molar-refractivity contribution in [2.75, 3.05) is 13.1 Å². The zero-order chi connectivity index (χ0) is 12.3. The molecule has 1 saturated heterocycles. The minimum atomic E-state index is -0.273. The van der Waals surface area contributed by atoms with E-state index in [1.54, 1.807) is 10.9 Å². The second kappa shape index (κ2) is 5.29. The van der Waals surface area contributed by atoms with E-state index in [1.807, 2.05) is 7.05 Å². The molecule has 2 rings (SSSR count). The highest BCUT2D eigenvalue weighted by atomic mass is 16.2. The number of hydrogen-bond donors (Lipinski definition) is 2. The number of nitrogen functional groups attached to an aromatic ring is 1. The SMILES string of the molecule is Cn1ncc(C(=O)NN)c1CN1CCCCC1. The number of amides is 1. The Kier molecular flexibility index (Phi) is 3.75. The Morgan fingerprint density at radius 3 is 2.82 bits per heavy atom. The molecular formula is C11H19N5O. The van der Waals surface area contributed by atoms with Crippen LogP contribution in [0.5, 0.6) is 0 Å². The molecule has 0 aromatic carbocycles. The van der Waals surface area contributed by atoms with Gasteiger partial charge in [0.1, 0.15) is 0 Å². The highest BCUT2D eigenvalue weighted by molar-refractivity contribution is 5.94. The molecule has 0 aliphatic carbocycles. The Labute approximate surface area is 101 Å². The van der Waals surface area contributed by atoms with Crippen molar-refractivity contribution in [3.8, 4) is 0 Å². The first-order chi connectivity index (χ1) is 8.22. The normalized spacial score (nSPS) is 17.1. The molecule has 1 aromatic rings. The number of nitrogens with zero attached hydrogens (tertiary/aromatic N) is 3. The summed E-state index contributed by atoms with van der Waals surface area (Å²) in [5.41, 5.74) is 3.66. The molecule has 1 fully saturated rings. The fourth-order valence-corrected chi connectivity index (χ4v) is 2.25. The van der Waals surface area contributed by atoms with Crippen LogP contribution in [0.3, 0.4) is 0 Å². The Bertz CT molecular complexity index is 395. The van der Waals surface area contributed by atoms with Crippen LogP contribution in [0, 0.1) is 0 Å². The third-order valence-electron chi connectivity index (χ3n) is 3.26. The number of hydrogen-bond acceptors (Lipinski definition) is 4. The number of piperidine rings is 1. The van der Waals surface area contributed by atoms with Crippen LogP contribution in [0.1, 0.15) is 35.3 Å². The van der Waals surface area contributed by atoms with E-state index < -0.39 is 0 Å². The molecular weight excluding hydrogens is 218 g/mol. The van der Waals surface area contributed by atoms with Gasteiger partial charge in [-0.25, -0.2) is 5.84 Å². The summed E-state index contributed by atoms with van der Waals surface area (Å²) in [4.78, 5) is 13.9. The summed E-state index contributed by atoms with van der Waals surface area (Å²) in [6.07, 6.45) is 5.34. The van der Waals surface area contributed by atoms with E-state index in [-0.39, 0.29) is 5.91 Å². The highest BCUT2D eigenvalue weighted by Crippen LogP contribution is 2.15. The van der Waals surface area contributed by atoms with Gasteiger partial charge in [0.05, 0.1) is 17.5 Å². The van der Waals surface area contributed by atoms with Crippen LogP contribution >= 0.6 is 0 Å². The second-order valence-electron chi connectivity index (χ2n) is 4.44. The van der Waals surface area contributed by atoms with Crippen LogP contribution in [0.15, 0.2) is 6.20 Å². The van der Waals surface area contributed by atoms with Crippen LogP contribution in [0.2, 0.25) is 0 Å². The van der Waals surface area contributed by atoms with E-state index in [9.17, 15) is 4.79 Å². The van der Waals surface area contributed by atoms with Crippen molar-refractivity contribution in [3.05, 3.63) is 17.5 Å². The molecule has 0 unspecified atom stereocenters. The number of nitrogens with two attached hydrogens (primary N) is 1. The first-order valence-corrected chi connectivity index (χ1v) is 5.96. The number of nitrogens with one attached hydrogen (secondary N) is 1. The van der Waals surface area contributed by atoms with Gasteiger partial charge in [-0.15, -0.1) is 0 Å². The fraction of sp³-hybridized carbons (Fsp3) is 0.636. The molecule has 6 heteroatoms. The summed E-state index contributed by atoms with van der Waals surface area (Å²) in [5, 5.41) is 4.12. The largest absolute Gasteiger partial charge is 0.298 e. The number of carbonyl (C=O) groups excluding carboxylic acids is 1. The van der Waals surface area contributed by atoms with Crippen LogP contribution in [-0.4, -0.2) is 33.7 Å². The Morgan fingerprint density at radius 2 is 2.18 bits per heavy atom. The van der Waals surface area contributed by atoms with Gasteiger partial charge in [-0.1, -0.05) is 6.42 Å². The van der Waals surface area contributed by atoms with Crippen LogP contribution in [-0.2, 0) is 13.6 Å². The molecule has 0 bridgehead atoms. The fourth-order valence-electron chi connectivity index (χ4n) is 2.25. The van der Waals surface area contributed by atoms with Crippen molar-refractivity contribution in [2.45, 2.75) is 25.8 Å². The molecule has 6 nitrogen and oxygen atoms in total. The zero-order valence-electron chi connectivity index (χ0n) is 10.1. The number of likely N-dealkylation sites (tertiary alicyclic amines) is 1. The van der Waals surface area contributed by atoms with Crippen LogP contribution in [0.4, 0.5) is 0 Å². The van der Waals surface area contributed by atoms with Gasteiger partial charge >= 0.3 is 0 Å².